The van der Waals surface area contributed by atoms with Crippen LogP contribution in [0.3, 0.4) is 0 Å². The summed E-state index contributed by atoms with van der Waals surface area (Å²) in [6.07, 6.45) is 0.741. The molecule has 92 valence electrons. The van der Waals surface area contributed by atoms with E-state index >= 15 is 0 Å². The molecule has 1 unspecified atom stereocenters. The van der Waals surface area contributed by atoms with Crippen LogP contribution in [0.25, 0.3) is 11.0 Å². The van der Waals surface area contributed by atoms with E-state index < -0.39 is 10.0 Å². The standard InChI is InChI=1S/C10H13N3O2S2/c1-3-7(2)13-17(14,15)9-6-4-5-8-10(9)12-16-11-8/h4-7,13H,3H2,1-2H3. The van der Waals surface area contributed by atoms with Crippen molar-refractivity contribution >= 4 is 32.8 Å². The number of nitrogens with one attached hydrogen (secondary N) is 1. The van der Waals surface area contributed by atoms with E-state index in [0.717, 1.165) is 18.1 Å². The van der Waals surface area contributed by atoms with Gasteiger partial charge in [0.05, 0.1) is 11.7 Å². The van der Waals surface area contributed by atoms with Crippen molar-refractivity contribution < 1.29 is 8.42 Å². The number of fused-ring (bicyclic) bond motifs is 1. The van der Waals surface area contributed by atoms with Gasteiger partial charge in [-0.05, 0) is 25.5 Å². The summed E-state index contributed by atoms with van der Waals surface area (Å²) in [6, 6.07) is 4.88. The van der Waals surface area contributed by atoms with Crippen molar-refractivity contribution in [2.45, 2.75) is 31.2 Å². The molecule has 0 aliphatic rings. The second kappa shape index (κ2) is 4.67. The zero-order valence-electron chi connectivity index (χ0n) is 9.54. The van der Waals surface area contributed by atoms with E-state index in [-0.39, 0.29) is 10.9 Å². The Morgan fingerprint density at radius 1 is 1.41 bits per heavy atom. The van der Waals surface area contributed by atoms with Crippen LogP contribution in [0.15, 0.2) is 23.1 Å². The van der Waals surface area contributed by atoms with Gasteiger partial charge in [0.25, 0.3) is 0 Å². The Bertz CT molecular complexity index is 621. The van der Waals surface area contributed by atoms with Crippen LogP contribution in [0.5, 0.6) is 0 Å². The van der Waals surface area contributed by atoms with Crippen molar-refractivity contribution in [2.24, 2.45) is 0 Å². The van der Waals surface area contributed by atoms with Gasteiger partial charge >= 0.3 is 0 Å². The third-order valence-electron chi connectivity index (χ3n) is 2.51. The summed E-state index contributed by atoms with van der Waals surface area (Å²) < 4.78 is 35.0. The van der Waals surface area contributed by atoms with E-state index in [0.29, 0.717) is 11.0 Å². The average Bonchev–Trinajstić information content (AvgIpc) is 2.75. The molecule has 1 aromatic heterocycles. The van der Waals surface area contributed by atoms with Gasteiger partial charge in [0.2, 0.25) is 10.0 Å². The molecule has 0 fully saturated rings. The molecule has 17 heavy (non-hydrogen) atoms. The van der Waals surface area contributed by atoms with E-state index in [1.807, 2.05) is 13.8 Å². The highest BCUT2D eigenvalue weighted by Crippen LogP contribution is 2.21. The first kappa shape index (κ1) is 12.4. The molecule has 2 rings (SSSR count). The number of hydrogen-bond donors (Lipinski definition) is 1. The molecule has 0 spiro atoms. The summed E-state index contributed by atoms with van der Waals surface area (Å²) in [6.45, 7) is 3.76. The molecule has 1 atom stereocenters. The van der Waals surface area contributed by atoms with Crippen LogP contribution in [-0.4, -0.2) is 23.2 Å². The van der Waals surface area contributed by atoms with Crippen molar-refractivity contribution in [3.63, 3.8) is 0 Å². The third-order valence-corrected chi connectivity index (χ3v) is 4.67. The Balaban J connectivity index is 2.49. The molecule has 0 saturated carbocycles. The van der Waals surface area contributed by atoms with Crippen molar-refractivity contribution in [3.8, 4) is 0 Å². The van der Waals surface area contributed by atoms with Crippen LogP contribution in [0, 0.1) is 0 Å². The van der Waals surface area contributed by atoms with Gasteiger partial charge < -0.3 is 0 Å². The van der Waals surface area contributed by atoms with Crippen LogP contribution in [0.1, 0.15) is 20.3 Å². The van der Waals surface area contributed by atoms with Gasteiger partial charge in [0, 0.05) is 6.04 Å². The average molecular weight is 271 g/mol. The van der Waals surface area contributed by atoms with E-state index in [2.05, 4.69) is 13.5 Å². The summed E-state index contributed by atoms with van der Waals surface area (Å²) in [5.41, 5.74) is 1.05. The van der Waals surface area contributed by atoms with Gasteiger partial charge in [-0.1, -0.05) is 13.0 Å². The van der Waals surface area contributed by atoms with Crippen molar-refractivity contribution in [2.75, 3.05) is 0 Å². The zero-order valence-corrected chi connectivity index (χ0v) is 11.2. The molecule has 5 nitrogen and oxygen atoms in total. The first-order valence-electron chi connectivity index (χ1n) is 5.28. The molecule has 0 aliphatic carbocycles. The first-order valence-corrected chi connectivity index (χ1v) is 7.49. The molecule has 1 aromatic carbocycles. The van der Waals surface area contributed by atoms with Crippen molar-refractivity contribution in [1.29, 1.82) is 0 Å². The smallest absolute Gasteiger partial charge is 0.208 e. The molecule has 0 aliphatic heterocycles. The predicted molar refractivity (Wildman–Crippen MR) is 67.5 cm³/mol. The van der Waals surface area contributed by atoms with Gasteiger partial charge in [-0.3, -0.25) is 0 Å². The van der Waals surface area contributed by atoms with E-state index in [4.69, 9.17) is 0 Å². The second-order valence-corrected chi connectivity index (χ2v) is 6.03. The molecule has 2 aromatic rings. The molecule has 0 bridgehead atoms. The van der Waals surface area contributed by atoms with Crippen LogP contribution in [0.2, 0.25) is 0 Å². The van der Waals surface area contributed by atoms with Gasteiger partial charge in [-0.15, -0.1) is 0 Å². The monoisotopic (exact) mass is 271 g/mol. The Labute approximate surface area is 104 Å². The maximum Gasteiger partial charge on any atom is 0.243 e. The van der Waals surface area contributed by atoms with Crippen LogP contribution >= 0.6 is 11.7 Å². The fourth-order valence-electron chi connectivity index (χ4n) is 1.41. The Kier molecular flexibility index (Phi) is 3.41. The molecule has 1 heterocycles. The van der Waals surface area contributed by atoms with Crippen LogP contribution < -0.4 is 4.72 Å². The second-order valence-electron chi connectivity index (χ2n) is 3.82. The largest absolute Gasteiger partial charge is 0.243 e. The summed E-state index contributed by atoms with van der Waals surface area (Å²) in [4.78, 5) is 0.198. The number of nitrogens with zero attached hydrogens (tertiary/aromatic N) is 2. The van der Waals surface area contributed by atoms with Crippen LogP contribution in [0.4, 0.5) is 0 Å². The number of benzene rings is 1. The van der Waals surface area contributed by atoms with E-state index in [9.17, 15) is 8.42 Å². The minimum Gasteiger partial charge on any atom is -0.208 e. The summed E-state index contributed by atoms with van der Waals surface area (Å²) in [7, 11) is -3.51. The topological polar surface area (TPSA) is 72.0 Å². The Hall–Kier alpha value is -1.05. The van der Waals surface area contributed by atoms with Crippen molar-refractivity contribution in [1.82, 2.24) is 13.5 Å². The summed E-state index contributed by atoms with van der Waals surface area (Å²) >= 11 is 1.02. The number of rotatable bonds is 4. The van der Waals surface area contributed by atoms with Crippen molar-refractivity contribution in [3.05, 3.63) is 18.2 Å². The highest BCUT2D eigenvalue weighted by molar-refractivity contribution is 7.89. The predicted octanol–water partition coefficient (Wildman–Crippen LogP) is 1.77. The van der Waals surface area contributed by atoms with E-state index in [1.165, 1.54) is 0 Å². The molecular weight excluding hydrogens is 258 g/mol. The minimum atomic E-state index is -3.51. The SMILES string of the molecule is CCC(C)NS(=O)(=O)c1cccc2nsnc12. The number of sulfonamides is 1. The highest BCUT2D eigenvalue weighted by atomic mass is 32.2. The lowest BCUT2D eigenvalue weighted by atomic mass is 10.3. The van der Waals surface area contributed by atoms with Gasteiger partial charge in [-0.25, -0.2) is 13.1 Å². The highest BCUT2D eigenvalue weighted by Gasteiger charge is 2.20. The molecule has 0 saturated heterocycles. The lowest BCUT2D eigenvalue weighted by Crippen LogP contribution is -2.32. The summed E-state index contributed by atoms with van der Waals surface area (Å²) in [5, 5.41) is 0. The van der Waals surface area contributed by atoms with Crippen LogP contribution in [-0.2, 0) is 10.0 Å². The number of hydrogen-bond acceptors (Lipinski definition) is 5. The molecule has 0 amide bonds. The Morgan fingerprint density at radius 3 is 2.88 bits per heavy atom. The molecule has 7 heteroatoms. The fraction of sp³-hybridized carbons (Fsp3) is 0.400. The Morgan fingerprint density at radius 2 is 2.18 bits per heavy atom. The summed E-state index contributed by atoms with van der Waals surface area (Å²) in [5.74, 6) is 0. The third kappa shape index (κ3) is 2.46. The maximum absolute atomic E-state index is 12.1. The first-order chi connectivity index (χ1) is 8.04. The maximum atomic E-state index is 12.1. The van der Waals surface area contributed by atoms with E-state index in [1.54, 1.807) is 18.2 Å². The fourth-order valence-corrected chi connectivity index (χ4v) is 3.50. The quantitative estimate of drug-likeness (QED) is 0.920. The van der Waals surface area contributed by atoms with Gasteiger partial charge in [0.15, 0.2) is 0 Å². The van der Waals surface area contributed by atoms with Gasteiger partial charge in [-0.2, -0.15) is 8.75 Å². The minimum absolute atomic E-state index is 0.0955. The van der Waals surface area contributed by atoms with Gasteiger partial charge in [0.1, 0.15) is 15.9 Å². The zero-order chi connectivity index (χ0) is 12.5. The molecule has 1 N–H and O–H groups in total. The molecule has 0 radical (unpaired) electrons. The lowest BCUT2D eigenvalue weighted by molar-refractivity contribution is 0.556. The normalized spacial score (nSPS) is 14.0. The lowest BCUT2D eigenvalue weighted by Gasteiger charge is -2.11. The molecular formula is C10H13N3O2S2. The number of aromatic nitrogens is 2.